The first-order valence-electron chi connectivity index (χ1n) is 2.24. The SMILES string of the molecule is CC(C)(C)C(N)=O.[Ta]. The van der Waals surface area contributed by atoms with Crippen molar-refractivity contribution in [2.75, 3.05) is 0 Å². The molecule has 0 saturated heterocycles. The van der Waals surface area contributed by atoms with Crippen molar-refractivity contribution < 1.29 is 27.2 Å². The summed E-state index contributed by atoms with van der Waals surface area (Å²) in [5.74, 6) is -0.257. The molecule has 0 spiro atoms. The van der Waals surface area contributed by atoms with Crippen LogP contribution in [0.5, 0.6) is 0 Å². The molecule has 0 unspecified atom stereocenters. The first-order valence-corrected chi connectivity index (χ1v) is 2.24. The number of primary amides is 1. The molecule has 0 aliphatic rings. The summed E-state index contributed by atoms with van der Waals surface area (Å²) in [6.07, 6.45) is 0. The van der Waals surface area contributed by atoms with Crippen LogP contribution in [-0.4, -0.2) is 5.91 Å². The molecule has 0 atom stereocenters. The molecule has 0 aromatic heterocycles. The molecule has 1 amide bonds. The molecule has 0 saturated carbocycles. The Hall–Kier alpha value is 0.210. The monoisotopic (exact) mass is 282 g/mol. The van der Waals surface area contributed by atoms with Crippen LogP contribution < -0.4 is 5.73 Å². The number of rotatable bonds is 0. The fourth-order valence-electron chi connectivity index (χ4n) is 0. The van der Waals surface area contributed by atoms with E-state index in [-0.39, 0.29) is 33.7 Å². The van der Waals surface area contributed by atoms with Crippen molar-refractivity contribution in [3.63, 3.8) is 0 Å². The second-order valence-electron chi connectivity index (χ2n) is 2.61. The van der Waals surface area contributed by atoms with E-state index in [1.807, 2.05) is 0 Å². The number of nitrogens with two attached hydrogens (primary N) is 1. The Morgan fingerprint density at radius 1 is 1.38 bits per heavy atom. The van der Waals surface area contributed by atoms with Gasteiger partial charge in [-0.25, -0.2) is 0 Å². The van der Waals surface area contributed by atoms with Gasteiger partial charge in [-0.3, -0.25) is 4.79 Å². The number of amides is 1. The Labute approximate surface area is 65.3 Å². The van der Waals surface area contributed by atoms with Crippen molar-refractivity contribution in [1.82, 2.24) is 0 Å². The minimum absolute atomic E-state index is 0. The van der Waals surface area contributed by atoms with Gasteiger partial charge in [-0.1, -0.05) is 20.8 Å². The number of hydrogen-bond donors (Lipinski definition) is 1. The molecule has 0 fully saturated rings. The van der Waals surface area contributed by atoms with Crippen molar-refractivity contribution in [2.24, 2.45) is 11.1 Å². The van der Waals surface area contributed by atoms with Gasteiger partial charge >= 0.3 is 0 Å². The van der Waals surface area contributed by atoms with Gasteiger partial charge in [-0.2, -0.15) is 0 Å². The molecule has 1 radical (unpaired) electrons. The first-order chi connectivity index (χ1) is 2.94. The predicted octanol–water partition coefficient (Wildman–Crippen LogP) is 0.515. The Kier molecular flexibility index (Phi) is 4.53. The van der Waals surface area contributed by atoms with Gasteiger partial charge in [-0.15, -0.1) is 0 Å². The second-order valence-corrected chi connectivity index (χ2v) is 2.61. The van der Waals surface area contributed by atoms with Crippen LogP contribution in [0.4, 0.5) is 0 Å². The number of carbonyl (C=O) groups is 1. The molecule has 0 rings (SSSR count). The van der Waals surface area contributed by atoms with Gasteiger partial charge in [0.05, 0.1) is 0 Å². The summed E-state index contributed by atoms with van der Waals surface area (Å²) in [5, 5.41) is 0. The van der Waals surface area contributed by atoms with E-state index in [0.29, 0.717) is 0 Å². The quantitative estimate of drug-likeness (QED) is 0.691. The van der Waals surface area contributed by atoms with E-state index in [1.165, 1.54) is 0 Å². The van der Waals surface area contributed by atoms with Crippen LogP contribution in [0.15, 0.2) is 0 Å². The summed E-state index contributed by atoms with van der Waals surface area (Å²) in [6.45, 7) is 5.36. The molecule has 8 heavy (non-hydrogen) atoms. The zero-order chi connectivity index (χ0) is 6.08. The third-order valence-electron chi connectivity index (χ3n) is 0.739. The molecule has 0 aromatic rings. The van der Waals surface area contributed by atoms with Crippen molar-refractivity contribution in [2.45, 2.75) is 20.8 Å². The van der Waals surface area contributed by atoms with Crippen molar-refractivity contribution in [1.29, 1.82) is 0 Å². The van der Waals surface area contributed by atoms with E-state index in [1.54, 1.807) is 20.8 Å². The van der Waals surface area contributed by atoms with E-state index < -0.39 is 0 Å². The number of hydrogen-bond acceptors (Lipinski definition) is 1. The fourth-order valence-corrected chi connectivity index (χ4v) is 0. The van der Waals surface area contributed by atoms with Gasteiger partial charge < -0.3 is 5.73 Å². The van der Waals surface area contributed by atoms with Crippen LogP contribution in [0, 0.1) is 5.41 Å². The van der Waals surface area contributed by atoms with Gasteiger partial charge in [0, 0.05) is 27.8 Å². The smallest absolute Gasteiger partial charge is 0.222 e. The van der Waals surface area contributed by atoms with Crippen LogP contribution in [-0.2, 0) is 27.2 Å². The normalized spacial score (nSPS) is 9.88. The second kappa shape index (κ2) is 3.28. The van der Waals surface area contributed by atoms with Crippen LogP contribution >= 0.6 is 0 Å². The number of carbonyl (C=O) groups excluding carboxylic acids is 1. The van der Waals surface area contributed by atoms with Gasteiger partial charge in [0.2, 0.25) is 5.91 Å². The van der Waals surface area contributed by atoms with E-state index in [0.717, 1.165) is 0 Å². The van der Waals surface area contributed by atoms with E-state index in [2.05, 4.69) is 0 Å². The molecular formula is C5H11NOTa. The maximum Gasteiger partial charge on any atom is 0.222 e. The van der Waals surface area contributed by atoms with Gasteiger partial charge in [0.1, 0.15) is 0 Å². The molecule has 0 heterocycles. The maximum atomic E-state index is 10.2. The molecular weight excluding hydrogens is 271 g/mol. The zero-order valence-electron chi connectivity index (χ0n) is 5.43. The maximum absolute atomic E-state index is 10.2. The van der Waals surface area contributed by atoms with Gasteiger partial charge in [0.15, 0.2) is 0 Å². The summed E-state index contributed by atoms with van der Waals surface area (Å²) in [7, 11) is 0. The first kappa shape index (κ1) is 11.1. The van der Waals surface area contributed by atoms with E-state index in [4.69, 9.17) is 5.73 Å². The van der Waals surface area contributed by atoms with Crippen LogP contribution in [0.3, 0.4) is 0 Å². The minimum Gasteiger partial charge on any atom is -0.369 e. The molecule has 0 aliphatic carbocycles. The molecule has 2 nitrogen and oxygen atoms in total. The molecule has 2 N–H and O–H groups in total. The average Bonchev–Trinajstić information content (AvgIpc) is 1.31. The average molecular weight is 282 g/mol. The predicted molar refractivity (Wildman–Crippen MR) is 28.6 cm³/mol. The standard InChI is InChI=1S/C5H11NO.Ta/c1-5(2,3)4(6)7;/h1-3H3,(H2,6,7);. The van der Waals surface area contributed by atoms with Crippen molar-refractivity contribution >= 4 is 5.91 Å². The molecule has 0 aromatic carbocycles. The third kappa shape index (κ3) is 4.37. The summed E-state index contributed by atoms with van der Waals surface area (Å²) >= 11 is 0. The van der Waals surface area contributed by atoms with Crippen molar-refractivity contribution in [3.8, 4) is 0 Å². The summed E-state index contributed by atoms with van der Waals surface area (Å²) in [6, 6.07) is 0. The van der Waals surface area contributed by atoms with Gasteiger partial charge in [-0.05, 0) is 0 Å². The molecule has 3 heteroatoms. The summed E-state index contributed by atoms with van der Waals surface area (Å²) < 4.78 is 0. The third-order valence-corrected chi connectivity index (χ3v) is 0.739. The Bertz CT molecular complexity index is 84.9. The van der Waals surface area contributed by atoms with Crippen LogP contribution in [0.1, 0.15) is 20.8 Å². The summed E-state index contributed by atoms with van der Waals surface area (Å²) in [5.41, 5.74) is 4.57. The topological polar surface area (TPSA) is 43.1 Å². The Morgan fingerprint density at radius 2 is 1.50 bits per heavy atom. The van der Waals surface area contributed by atoms with E-state index >= 15 is 0 Å². The fraction of sp³-hybridized carbons (Fsp3) is 0.800. The van der Waals surface area contributed by atoms with E-state index in [9.17, 15) is 4.79 Å². The molecule has 0 aliphatic heterocycles. The van der Waals surface area contributed by atoms with Crippen LogP contribution in [0.2, 0.25) is 0 Å². The van der Waals surface area contributed by atoms with Crippen molar-refractivity contribution in [3.05, 3.63) is 0 Å². The zero-order valence-corrected chi connectivity index (χ0v) is 8.65. The van der Waals surface area contributed by atoms with Crippen LogP contribution in [0.25, 0.3) is 0 Å². The van der Waals surface area contributed by atoms with Gasteiger partial charge in [0.25, 0.3) is 0 Å². The molecule has 0 bridgehead atoms. The largest absolute Gasteiger partial charge is 0.369 e. The Balaban J connectivity index is 0. The minimum atomic E-state index is -0.361. The Morgan fingerprint density at radius 3 is 1.50 bits per heavy atom. The molecule has 47 valence electrons. The summed E-state index contributed by atoms with van der Waals surface area (Å²) in [4.78, 5) is 10.2.